The van der Waals surface area contributed by atoms with Gasteiger partial charge in [-0.2, -0.15) is 0 Å². The number of para-hydroxylation sites is 1. The third-order valence-corrected chi connectivity index (χ3v) is 3.22. The van der Waals surface area contributed by atoms with Gasteiger partial charge in [-0.25, -0.2) is 4.99 Å². The number of fused-ring (bicyclic) bond motifs is 3. The minimum Gasteiger partial charge on any atom is -0.400 e. The highest BCUT2D eigenvalue weighted by molar-refractivity contribution is 6.11. The van der Waals surface area contributed by atoms with E-state index in [9.17, 15) is 0 Å². The fourth-order valence-electron chi connectivity index (χ4n) is 2.38. The number of benzene rings is 1. The standard InChI is InChI=1S/C12H13N3/c1-7-11(13)10-8-5-3-4-6-9(8)15(2)12(10)14-7/h3-6,10H,13H2,1-2H3. The second-order valence-electron chi connectivity index (χ2n) is 4.06. The van der Waals surface area contributed by atoms with Gasteiger partial charge in [0.1, 0.15) is 5.84 Å². The smallest absolute Gasteiger partial charge is 0.122 e. The molecule has 1 unspecified atom stereocenters. The molecule has 3 rings (SSSR count). The highest BCUT2D eigenvalue weighted by Crippen LogP contribution is 2.43. The minimum absolute atomic E-state index is 0.186. The number of likely N-dealkylation sites (N-methyl/N-ethyl adjacent to an activating group) is 1. The topological polar surface area (TPSA) is 41.6 Å². The average molecular weight is 199 g/mol. The van der Waals surface area contributed by atoms with Gasteiger partial charge in [0, 0.05) is 18.4 Å². The van der Waals surface area contributed by atoms with Gasteiger partial charge >= 0.3 is 0 Å². The first-order valence-electron chi connectivity index (χ1n) is 5.07. The summed E-state index contributed by atoms with van der Waals surface area (Å²) >= 11 is 0. The zero-order valence-electron chi connectivity index (χ0n) is 8.86. The Morgan fingerprint density at radius 1 is 1.33 bits per heavy atom. The van der Waals surface area contributed by atoms with Gasteiger partial charge in [-0.3, -0.25) is 0 Å². The van der Waals surface area contributed by atoms with E-state index in [0.717, 1.165) is 17.2 Å². The third-order valence-electron chi connectivity index (χ3n) is 3.22. The van der Waals surface area contributed by atoms with Gasteiger partial charge in [-0.15, -0.1) is 0 Å². The van der Waals surface area contributed by atoms with Crippen molar-refractivity contribution in [1.82, 2.24) is 0 Å². The first kappa shape index (κ1) is 8.53. The summed E-state index contributed by atoms with van der Waals surface area (Å²) in [6.07, 6.45) is 0. The van der Waals surface area contributed by atoms with Crippen LogP contribution in [0, 0.1) is 0 Å². The number of hydrogen-bond acceptors (Lipinski definition) is 3. The van der Waals surface area contributed by atoms with E-state index < -0.39 is 0 Å². The highest BCUT2D eigenvalue weighted by Gasteiger charge is 2.38. The molecule has 0 saturated heterocycles. The molecule has 0 bridgehead atoms. The molecule has 1 atom stereocenters. The molecule has 1 aromatic carbocycles. The molecule has 0 saturated carbocycles. The summed E-state index contributed by atoms with van der Waals surface area (Å²) in [5.74, 6) is 1.25. The van der Waals surface area contributed by atoms with E-state index >= 15 is 0 Å². The SMILES string of the molecule is CC1=C(N)C2C(=N1)N(C)c1ccccc12. The van der Waals surface area contributed by atoms with Crippen LogP contribution in [0.25, 0.3) is 0 Å². The molecule has 0 aromatic heterocycles. The molecule has 2 N–H and O–H groups in total. The lowest BCUT2D eigenvalue weighted by molar-refractivity contribution is 1.04. The van der Waals surface area contributed by atoms with Gasteiger partial charge in [-0.1, -0.05) is 18.2 Å². The van der Waals surface area contributed by atoms with E-state index in [0.29, 0.717) is 0 Å². The van der Waals surface area contributed by atoms with Crippen molar-refractivity contribution in [2.75, 3.05) is 11.9 Å². The number of amidine groups is 1. The molecule has 2 aliphatic heterocycles. The highest BCUT2D eigenvalue weighted by atomic mass is 15.2. The lowest BCUT2D eigenvalue weighted by Crippen LogP contribution is -2.24. The van der Waals surface area contributed by atoms with Crippen molar-refractivity contribution in [2.45, 2.75) is 12.8 Å². The fraction of sp³-hybridized carbons (Fsp3) is 0.250. The van der Waals surface area contributed by atoms with Crippen LogP contribution in [-0.4, -0.2) is 12.9 Å². The maximum Gasteiger partial charge on any atom is 0.122 e. The number of nitrogens with zero attached hydrogens (tertiary/aromatic N) is 2. The van der Waals surface area contributed by atoms with E-state index in [1.807, 2.05) is 20.0 Å². The van der Waals surface area contributed by atoms with Crippen molar-refractivity contribution < 1.29 is 0 Å². The minimum atomic E-state index is 0.186. The zero-order valence-corrected chi connectivity index (χ0v) is 8.86. The normalized spacial score (nSPS) is 22.9. The van der Waals surface area contributed by atoms with E-state index in [-0.39, 0.29) is 5.92 Å². The van der Waals surface area contributed by atoms with Crippen LogP contribution in [0.1, 0.15) is 18.4 Å². The summed E-state index contributed by atoms with van der Waals surface area (Å²) in [5, 5.41) is 0. The Morgan fingerprint density at radius 2 is 2.07 bits per heavy atom. The maximum absolute atomic E-state index is 6.08. The lowest BCUT2D eigenvalue weighted by atomic mass is 9.98. The second-order valence-corrected chi connectivity index (χ2v) is 4.06. The van der Waals surface area contributed by atoms with E-state index in [2.05, 4.69) is 28.1 Å². The van der Waals surface area contributed by atoms with Crippen LogP contribution in [0.3, 0.4) is 0 Å². The summed E-state index contributed by atoms with van der Waals surface area (Å²) in [6, 6.07) is 8.34. The summed E-state index contributed by atoms with van der Waals surface area (Å²) in [6.45, 7) is 1.97. The number of rotatable bonds is 0. The van der Waals surface area contributed by atoms with Gasteiger partial charge in [-0.05, 0) is 18.6 Å². The molecule has 2 aliphatic rings. The van der Waals surface area contributed by atoms with Crippen LogP contribution in [0.5, 0.6) is 0 Å². The molecule has 0 spiro atoms. The van der Waals surface area contributed by atoms with Crippen LogP contribution in [-0.2, 0) is 0 Å². The third kappa shape index (κ3) is 0.923. The molecule has 2 heterocycles. The number of allylic oxidation sites excluding steroid dienone is 1. The lowest BCUT2D eigenvalue weighted by Gasteiger charge is -2.12. The summed E-state index contributed by atoms with van der Waals surface area (Å²) in [5.41, 5.74) is 10.4. The number of anilines is 1. The van der Waals surface area contributed by atoms with Gasteiger partial charge in [0.05, 0.1) is 11.6 Å². The van der Waals surface area contributed by atoms with Crippen molar-refractivity contribution in [3.8, 4) is 0 Å². The molecule has 3 nitrogen and oxygen atoms in total. The van der Waals surface area contributed by atoms with Gasteiger partial charge in [0.2, 0.25) is 0 Å². The van der Waals surface area contributed by atoms with Crippen molar-refractivity contribution >= 4 is 11.5 Å². The fourth-order valence-corrected chi connectivity index (χ4v) is 2.38. The molecule has 1 aromatic rings. The predicted molar refractivity (Wildman–Crippen MR) is 61.9 cm³/mol. The predicted octanol–water partition coefficient (Wildman–Crippen LogP) is 1.82. The molecule has 0 fully saturated rings. The Balaban J connectivity index is 2.24. The largest absolute Gasteiger partial charge is 0.400 e. The van der Waals surface area contributed by atoms with Crippen molar-refractivity contribution in [3.05, 3.63) is 41.2 Å². The number of aliphatic imine (C=N–C) groups is 1. The Morgan fingerprint density at radius 3 is 2.87 bits per heavy atom. The van der Waals surface area contributed by atoms with Crippen LogP contribution >= 0.6 is 0 Å². The van der Waals surface area contributed by atoms with E-state index in [1.54, 1.807) is 0 Å². The number of nitrogens with two attached hydrogens (primary N) is 1. The van der Waals surface area contributed by atoms with Crippen molar-refractivity contribution in [3.63, 3.8) is 0 Å². The summed E-state index contributed by atoms with van der Waals surface area (Å²) < 4.78 is 0. The zero-order chi connectivity index (χ0) is 10.6. The first-order chi connectivity index (χ1) is 7.20. The molecule has 15 heavy (non-hydrogen) atoms. The Hall–Kier alpha value is -1.77. The van der Waals surface area contributed by atoms with Crippen LogP contribution < -0.4 is 10.6 Å². The molecule has 3 heteroatoms. The van der Waals surface area contributed by atoms with Crippen molar-refractivity contribution in [1.29, 1.82) is 0 Å². The van der Waals surface area contributed by atoms with Gasteiger partial charge in [0.15, 0.2) is 0 Å². The Labute approximate surface area is 88.9 Å². The second kappa shape index (κ2) is 2.63. The van der Waals surface area contributed by atoms with E-state index in [1.165, 1.54) is 11.3 Å². The maximum atomic E-state index is 6.08. The molecule has 0 radical (unpaired) electrons. The quantitative estimate of drug-likeness (QED) is 0.692. The van der Waals surface area contributed by atoms with Crippen LogP contribution in [0.4, 0.5) is 5.69 Å². The van der Waals surface area contributed by atoms with Crippen molar-refractivity contribution in [2.24, 2.45) is 10.7 Å². The Kier molecular flexibility index (Phi) is 1.49. The monoisotopic (exact) mass is 199 g/mol. The summed E-state index contributed by atoms with van der Waals surface area (Å²) in [4.78, 5) is 6.65. The molecule has 0 aliphatic carbocycles. The Bertz CT molecular complexity index is 499. The van der Waals surface area contributed by atoms with Gasteiger partial charge < -0.3 is 10.6 Å². The van der Waals surface area contributed by atoms with Crippen LogP contribution in [0.2, 0.25) is 0 Å². The molecule has 76 valence electrons. The van der Waals surface area contributed by atoms with Gasteiger partial charge in [0.25, 0.3) is 0 Å². The molecular formula is C12H13N3. The van der Waals surface area contributed by atoms with Crippen LogP contribution in [0.15, 0.2) is 40.7 Å². The summed E-state index contributed by atoms with van der Waals surface area (Å²) in [7, 11) is 2.05. The first-order valence-corrected chi connectivity index (χ1v) is 5.07. The molecule has 0 amide bonds. The average Bonchev–Trinajstić information content (AvgIpc) is 2.68. The number of hydrogen-bond donors (Lipinski definition) is 1. The molecular weight excluding hydrogens is 186 g/mol. The van der Waals surface area contributed by atoms with E-state index in [4.69, 9.17) is 5.73 Å².